The van der Waals surface area contributed by atoms with Crippen molar-refractivity contribution in [1.29, 1.82) is 0 Å². The first kappa shape index (κ1) is 14.3. The van der Waals surface area contributed by atoms with E-state index in [2.05, 4.69) is 43.3 Å². The number of guanidine groups is 1. The van der Waals surface area contributed by atoms with Gasteiger partial charge in [0.05, 0.1) is 0 Å². The third-order valence-electron chi connectivity index (χ3n) is 2.61. The fourth-order valence-corrected chi connectivity index (χ4v) is 1.55. The Morgan fingerprint density at radius 1 is 1.47 bits per heavy atom. The first-order valence-corrected chi connectivity index (χ1v) is 6.59. The lowest BCUT2D eigenvalue weighted by Gasteiger charge is -2.29. The quantitative estimate of drug-likeness (QED) is 0.695. The molecular weight excluding hydrogens is 214 g/mol. The molecule has 0 atom stereocenters. The van der Waals surface area contributed by atoms with Gasteiger partial charge in [-0.3, -0.25) is 4.99 Å². The molecule has 0 bridgehead atoms. The molecule has 0 aliphatic carbocycles. The third kappa shape index (κ3) is 6.51. The Morgan fingerprint density at radius 2 is 2.24 bits per heavy atom. The highest BCUT2D eigenvalue weighted by Crippen LogP contribution is 2.15. The van der Waals surface area contributed by atoms with E-state index in [1.807, 2.05) is 0 Å². The summed E-state index contributed by atoms with van der Waals surface area (Å²) < 4.78 is 5.52. The molecule has 1 heterocycles. The molecule has 0 aromatic heterocycles. The Hall–Kier alpha value is -0.770. The highest BCUT2D eigenvalue weighted by atomic mass is 16.5. The maximum Gasteiger partial charge on any atom is 0.191 e. The molecule has 0 spiro atoms. The molecule has 4 heteroatoms. The zero-order chi connectivity index (χ0) is 12.7. The predicted octanol–water partition coefficient (Wildman–Crippen LogP) is 1.62. The summed E-state index contributed by atoms with van der Waals surface area (Å²) in [6, 6.07) is 0. The van der Waals surface area contributed by atoms with Crippen LogP contribution in [-0.2, 0) is 4.74 Å². The van der Waals surface area contributed by atoms with E-state index in [0.29, 0.717) is 5.92 Å². The van der Waals surface area contributed by atoms with Crippen LogP contribution < -0.4 is 10.6 Å². The molecule has 17 heavy (non-hydrogen) atoms. The lowest BCUT2D eigenvalue weighted by atomic mass is 9.93. The van der Waals surface area contributed by atoms with Gasteiger partial charge in [-0.15, -0.1) is 0 Å². The number of rotatable bonds is 6. The van der Waals surface area contributed by atoms with Crippen molar-refractivity contribution in [2.75, 3.05) is 32.8 Å². The maximum atomic E-state index is 5.52. The molecule has 0 aromatic carbocycles. The standard InChI is InChI=1S/C13H27N3O/c1-11(2)8-17-7-5-6-14-12-15-9-13(3,4)10-16-12/h11H,5-10H2,1-4H3,(H2,14,15,16). The van der Waals surface area contributed by atoms with Gasteiger partial charge in [0.2, 0.25) is 0 Å². The summed E-state index contributed by atoms with van der Waals surface area (Å²) in [7, 11) is 0. The highest BCUT2D eigenvalue weighted by molar-refractivity contribution is 5.80. The van der Waals surface area contributed by atoms with Crippen molar-refractivity contribution in [3.63, 3.8) is 0 Å². The van der Waals surface area contributed by atoms with Gasteiger partial charge in [-0.2, -0.15) is 0 Å². The van der Waals surface area contributed by atoms with Crippen LogP contribution in [0.2, 0.25) is 0 Å². The van der Waals surface area contributed by atoms with E-state index in [9.17, 15) is 0 Å². The number of aliphatic imine (C=N–C) groups is 1. The minimum absolute atomic E-state index is 0.283. The molecule has 0 fully saturated rings. The second-order valence-electron chi connectivity index (χ2n) is 5.93. The van der Waals surface area contributed by atoms with Gasteiger partial charge in [-0.25, -0.2) is 0 Å². The van der Waals surface area contributed by atoms with E-state index in [4.69, 9.17) is 4.74 Å². The third-order valence-corrected chi connectivity index (χ3v) is 2.61. The SMILES string of the molecule is CC(C)COCCCNC1=NCC(C)(C)CN1. The summed E-state index contributed by atoms with van der Waals surface area (Å²) >= 11 is 0. The average Bonchev–Trinajstić information content (AvgIpc) is 2.25. The number of ether oxygens (including phenoxy) is 1. The van der Waals surface area contributed by atoms with Gasteiger partial charge in [-0.1, -0.05) is 27.7 Å². The van der Waals surface area contributed by atoms with E-state index in [1.54, 1.807) is 0 Å². The molecule has 1 aliphatic heterocycles. The lowest BCUT2D eigenvalue weighted by Crippen LogP contribution is -2.47. The lowest BCUT2D eigenvalue weighted by molar-refractivity contribution is 0.108. The predicted molar refractivity (Wildman–Crippen MR) is 72.4 cm³/mol. The van der Waals surface area contributed by atoms with E-state index in [-0.39, 0.29) is 5.41 Å². The largest absolute Gasteiger partial charge is 0.381 e. The Labute approximate surface area is 105 Å². The molecule has 1 rings (SSSR count). The molecule has 4 nitrogen and oxygen atoms in total. The maximum absolute atomic E-state index is 5.52. The summed E-state index contributed by atoms with van der Waals surface area (Å²) in [6.07, 6.45) is 1.02. The normalized spacial score (nSPS) is 18.8. The van der Waals surface area contributed by atoms with E-state index >= 15 is 0 Å². The molecule has 0 amide bonds. The van der Waals surface area contributed by atoms with Crippen molar-refractivity contribution in [1.82, 2.24) is 10.6 Å². The summed E-state index contributed by atoms with van der Waals surface area (Å²) in [4.78, 5) is 4.48. The monoisotopic (exact) mass is 241 g/mol. The number of hydrogen-bond acceptors (Lipinski definition) is 4. The van der Waals surface area contributed by atoms with Crippen LogP contribution in [0.1, 0.15) is 34.1 Å². The topological polar surface area (TPSA) is 45.6 Å². The van der Waals surface area contributed by atoms with E-state index in [0.717, 1.165) is 45.2 Å². The molecule has 0 unspecified atom stereocenters. The molecule has 2 N–H and O–H groups in total. The van der Waals surface area contributed by atoms with Crippen LogP contribution in [0.15, 0.2) is 4.99 Å². The van der Waals surface area contributed by atoms with E-state index in [1.165, 1.54) is 0 Å². The molecule has 0 saturated carbocycles. The fraction of sp³-hybridized carbons (Fsp3) is 0.923. The van der Waals surface area contributed by atoms with Crippen molar-refractivity contribution in [2.45, 2.75) is 34.1 Å². The first-order chi connectivity index (χ1) is 7.99. The van der Waals surface area contributed by atoms with Crippen LogP contribution in [0, 0.1) is 11.3 Å². The summed E-state index contributed by atoms with van der Waals surface area (Å²) in [5.74, 6) is 1.56. The summed E-state index contributed by atoms with van der Waals surface area (Å²) in [5, 5.41) is 6.62. The van der Waals surface area contributed by atoms with Crippen LogP contribution in [0.3, 0.4) is 0 Å². The highest BCUT2D eigenvalue weighted by Gasteiger charge is 2.21. The molecule has 0 saturated heterocycles. The smallest absolute Gasteiger partial charge is 0.191 e. The minimum atomic E-state index is 0.283. The van der Waals surface area contributed by atoms with Crippen LogP contribution >= 0.6 is 0 Å². The molecule has 1 aliphatic rings. The zero-order valence-corrected chi connectivity index (χ0v) is 11.7. The molecular formula is C13H27N3O. The van der Waals surface area contributed by atoms with Gasteiger partial charge in [0.25, 0.3) is 0 Å². The van der Waals surface area contributed by atoms with Gasteiger partial charge in [0, 0.05) is 38.3 Å². The van der Waals surface area contributed by atoms with Crippen LogP contribution in [0.4, 0.5) is 0 Å². The van der Waals surface area contributed by atoms with Crippen molar-refractivity contribution in [2.24, 2.45) is 16.3 Å². The Kier molecular flexibility index (Phi) is 5.75. The second kappa shape index (κ2) is 6.84. The average molecular weight is 241 g/mol. The van der Waals surface area contributed by atoms with Crippen LogP contribution in [0.5, 0.6) is 0 Å². The van der Waals surface area contributed by atoms with E-state index < -0.39 is 0 Å². The number of hydrogen-bond donors (Lipinski definition) is 2. The Morgan fingerprint density at radius 3 is 2.82 bits per heavy atom. The van der Waals surface area contributed by atoms with Gasteiger partial charge in [-0.05, 0) is 12.3 Å². The van der Waals surface area contributed by atoms with Crippen molar-refractivity contribution >= 4 is 5.96 Å². The van der Waals surface area contributed by atoms with Crippen LogP contribution in [-0.4, -0.2) is 38.8 Å². The zero-order valence-electron chi connectivity index (χ0n) is 11.7. The Balaban J connectivity index is 2.02. The van der Waals surface area contributed by atoms with Crippen molar-refractivity contribution in [3.8, 4) is 0 Å². The van der Waals surface area contributed by atoms with Crippen LogP contribution in [0.25, 0.3) is 0 Å². The summed E-state index contributed by atoms with van der Waals surface area (Å²) in [5.41, 5.74) is 0.283. The number of nitrogens with zero attached hydrogens (tertiary/aromatic N) is 1. The van der Waals surface area contributed by atoms with Gasteiger partial charge in [0.1, 0.15) is 0 Å². The fourth-order valence-electron chi connectivity index (χ4n) is 1.55. The number of nitrogens with one attached hydrogen (secondary N) is 2. The van der Waals surface area contributed by atoms with Crippen molar-refractivity contribution < 1.29 is 4.74 Å². The molecule has 0 aromatic rings. The molecule has 0 radical (unpaired) electrons. The first-order valence-electron chi connectivity index (χ1n) is 6.59. The Bertz CT molecular complexity index is 249. The summed E-state index contributed by atoms with van der Waals surface area (Å²) in [6.45, 7) is 13.3. The second-order valence-corrected chi connectivity index (χ2v) is 5.93. The van der Waals surface area contributed by atoms with Gasteiger partial charge in [0.15, 0.2) is 5.96 Å². The molecule has 100 valence electrons. The minimum Gasteiger partial charge on any atom is -0.381 e. The van der Waals surface area contributed by atoms with Crippen molar-refractivity contribution in [3.05, 3.63) is 0 Å². The van der Waals surface area contributed by atoms with Gasteiger partial charge >= 0.3 is 0 Å². The van der Waals surface area contributed by atoms with Gasteiger partial charge < -0.3 is 15.4 Å².